The summed E-state index contributed by atoms with van der Waals surface area (Å²) in [6.45, 7) is 4.77. The van der Waals surface area contributed by atoms with E-state index in [0.29, 0.717) is 17.5 Å². The van der Waals surface area contributed by atoms with E-state index in [9.17, 15) is 4.39 Å². The topological polar surface area (TPSA) is 37.8 Å². The summed E-state index contributed by atoms with van der Waals surface area (Å²) in [4.78, 5) is 8.60. The maximum absolute atomic E-state index is 14.0. The van der Waals surface area contributed by atoms with Crippen LogP contribution in [0.1, 0.15) is 19.4 Å². The molecule has 0 spiro atoms. The Balaban J connectivity index is 2.22. The molecule has 1 heterocycles. The van der Waals surface area contributed by atoms with Crippen molar-refractivity contribution < 1.29 is 4.39 Å². The van der Waals surface area contributed by atoms with Gasteiger partial charge in [0.05, 0.1) is 4.90 Å². The van der Waals surface area contributed by atoms with Crippen LogP contribution in [0.25, 0.3) is 0 Å². The first-order valence-electron chi connectivity index (χ1n) is 6.11. The molecule has 0 aliphatic carbocycles. The van der Waals surface area contributed by atoms with Crippen LogP contribution in [0, 0.1) is 5.82 Å². The maximum atomic E-state index is 14.0. The molecule has 5 heteroatoms. The zero-order valence-corrected chi connectivity index (χ0v) is 11.7. The number of nitrogens with one attached hydrogen (secondary N) is 1. The first kappa shape index (κ1) is 14.0. The molecule has 0 fully saturated rings. The Labute approximate surface area is 116 Å². The van der Waals surface area contributed by atoms with Crippen LogP contribution >= 0.6 is 11.8 Å². The average Bonchev–Trinajstić information content (AvgIpc) is 2.40. The Kier molecular flexibility index (Phi) is 4.87. The molecule has 0 saturated carbocycles. The Bertz CT molecular complexity index is 531. The molecule has 0 saturated heterocycles. The molecule has 100 valence electrons. The molecular weight excluding hydrogens is 261 g/mol. The van der Waals surface area contributed by atoms with Crippen molar-refractivity contribution in [1.82, 2.24) is 15.3 Å². The summed E-state index contributed by atoms with van der Waals surface area (Å²) in [5.41, 5.74) is 0.942. The zero-order chi connectivity index (χ0) is 13.7. The Morgan fingerprint density at radius 1 is 1.32 bits per heavy atom. The number of aromatic nitrogens is 2. The smallest absolute Gasteiger partial charge is 0.137 e. The minimum atomic E-state index is -0.216. The normalized spacial score (nSPS) is 10.9. The number of halogens is 1. The van der Waals surface area contributed by atoms with Gasteiger partial charge < -0.3 is 5.32 Å². The third-order valence-electron chi connectivity index (χ3n) is 2.51. The minimum Gasteiger partial charge on any atom is -0.310 e. The summed E-state index contributed by atoms with van der Waals surface area (Å²) in [6, 6.07) is 7.28. The molecule has 0 aliphatic rings. The van der Waals surface area contributed by atoms with Crippen LogP contribution in [0.5, 0.6) is 0 Å². The lowest BCUT2D eigenvalue weighted by molar-refractivity contribution is 0.564. The summed E-state index contributed by atoms with van der Waals surface area (Å²) in [6.07, 6.45) is 3.12. The Morgan fingerprint density at radius 2 is 2.16 bits per heavy atom. The van der Waals surface area contributed by atoms with E-state index in [0.717, 1.165) is 10.6 Å². The van der Waals surface area contributed by atoms with Crippen LogP contribution in [0.2, 0.25) is 0 Å². The standard InChI is InChI=1S/C14H16FN3S/c1-10(2)17-8-11-4-3-5-12(15)14(11)19-13-6-7-16-9-18-13/h3-7,9-10,17H,8H2,1-2H3. The van der Waals surface area contributed by atoms with Gasteiger partial charge >= 0.3 is 0 Å². The van der Waals surface area contributed by atoms with Gasteiger partial charge in [0.1, 0.15) is 17.2 Å². The van der Waals surface area contributed by atoms with Gasteiger partial charge in [0.2, 0.25) is 0 Å². The molecule has 2 rings (SSSR count). The second-order valence-corrected chi connectivity index (χ2v) is 5.44. The van der Waals surface area contributed by atoms with Crippen molar-refractivity contribution in [1.29, 1.82) is 0 Å². The monoisotopic (exact) mass is 277 g/mol. The maximum Gasteiger partial charge on any atom is 0.137 e. The molecule has 0 radical (unpaired) electrons. The lowest BCUT2D eigenvalue weighted by atomic mass is 10.2. The molecule has 1 aromatic carbocycles. The number of nitrogens with zero attached hydrogens (tertiary/aromatic N) is 2. The largest absolute Gasteiger partial charge is 0.310 e. The van der Waals surface area contributed by atoms with Gasteiger partial charge in [-0.15, -0.1) is 0 Å². The second-order valence-electron chi connectivity index (χ2n) is 4.41. The number of hydrogen-bond acceptors (Lipinski definition) is 4. The van der Waals surface area contributed by atoms with Crippen LogP contribution < -0.4 is 5.32 Å². The Morgan fingerprint density at radius 3 is 2.84 bits per heavy atom. The summed E-state index contributed by atoms with van der Waals surface area (Å²) in [5, 5.41) is 4.04. The van der Waals surface area contributed by atoms with Gasteiger partial charge in [-0.25, -0.2) is 14.4 Å². The van der Waals surface area contributed by atoms with Crippen LogP contribution in [-0.4, -0.2) is 16.0 Å². The van der Waals surface area contributed by atoms with Crippen LogP contribution in [0.15, 0.2) is 46.7 Å². The molecule has 0 bridgehead atoms. The summed E-state index contributed by atoms with van der Waals surface area (Å²) < 4.78 is 14.0. The summed E-state index contributed by atoms with van der Waals surface area (Å²) in [5.74, 6) is -0.216. The van der Waals surface area contributed by atoms with Gasteiger partial charge in [0.25, 0.3) is 0 Å². The molecule has 0 atom stereocenters. The second kappa shape index (κ2) is 6.63. The van der Waals surface area contributed by atoms with Crippen molar-refractivity contribution >= 4 is 11.8 Å². The molecular formula is C14H16FN3S. The molecule has 3 nitrogen and oxygen atoms in total. The third kappa shape index (κ3) is 4.01. The highest BCUT2D eigenvalue weighted by Crippen LogP contribution is 2.31. The first-order valence-corrected chi connectivity index (χ1v) is 6.93. The minimum absolute atomic E-state index is 0.216. The highest BCUT2D eigenvalue weighted by Gasteiger charge is 2.11. The van der Waals surface area contributed by atoms with E-state index in [4.69, 9.17) is 0 Å². The van der Waals surface area contributed by atoms with Gasteiger partial charge in [-0.05, 0) is 17.7 Å². The summed E-state index contributed by atoms with van der Waals surface area (Å²) in [7, 11) is 0. The molecule has 0 aliphatic heterocycles. The van der Waals surface area contributed by atoms with Crippen LogP contribution in [0.4, 0.5) is 4.39 Å². The highest BCUT2D eigenvalue weighted by molar-refractivity contribution is 7.99. The van der Waals surface area contributed by atoms with E-state index in [1.54, 1.807) is 18.3 Å². The lowest BCUT2D eigenvalue weighted by Crippen LogP contribution is -2.22. The summed E-state index contributed by atoms with van der Waals surface area (Å²) >= 11 is 1.33. The quantitative estimate of drug-likeness (QED) is 0.851. The predicted octanol–water partition coefficient (Wildman–Crippen LogP) is 3.26. The fraction of sp³-hybridized carbons (Fsp3) is 0.286. The molecule has 1 aromatic heterocycles. The average molecular weight is 277 g/mol. The third-order valence-corrected chi connectivity index (χ3v) is 3.62. The van der Waals surface area contributed by atoms with E-state index >= 15 is 0 Å². The van der Waals surface area contributed by atoms with E-state index < -0.39 is 0 Å². The lowest BCUT2D eigenvalue weighted by Gasteiger charge is -2.12. The van der Waals surface area contributed by atoms with E-state index in [-0.39, 0.29) is 5.82 Å². The van der Waals surface area contributed by atoms with Crippen LogP contribution in [-0.2, 0) is 6.54 Å². The molecule has 1 N–H and O–H groups in total. The number of hydrogen-bond donors (Lipinski definition) is 1. The predicted molar refractivity (Wildman–Crippen MR) is 74.5 cm³/mol. The van der Waals surface area contributed by atoms with Gasteiger partial charge in [-0.1, -0.05) is 37.7 Å². The molecule has 0 unspecified atom stereocenters. The molecule has 2 aromatic rings. The van der Waals surface area contributed by atoms with Crippen LogP contribution in [0.3, 0.4) is 0 Å². The molecule has 19 heavy (non-hydrogen) atoms. The highest BCUT2D eigenvalue weighted by atomic mass is 32.2. The number of benzene rings is 1. The van der Waals surface area contributed by atoms with Crippen molar-refractivity contribution in [3.63, 3.8) is 0 Å². The fourth-order valence-corrected chi connectivity index (χ4v) is 2.44. The van der Waals surface area contributed by atoms with E-state index in [1.165, 1.54) is 24.2 Å². The van der Waals surface area contributed by atoms with E-state index in [1.807, 2.05) is 6.07 Å². The Hall–Kier alpha value is -1.46. The van der Waals surface area contributed by atoms with Crippen molar-refractivity contribution in [2.45, 2.75) is 36.4 Å². The first-order chi connectivity index (χ1) is 9.16. The van der Waals surface area contributed by atoms with Gasteiger partial charge in [-0.2, -0.15) is 0 Å². The van der Waals surface area contributed by atoms with Gasteiger partial charge in [0.15, 0.2) is 0 Å². The van der Waals surface area contributed by atoms with E-state index in [2.05, 4.69) is 29.1 Å². The zero-order valence-electron chi connectivity index (χ0n) is 10.9. The van der Waals surface area contributed by atoms with Gasteiger partial charge in [0, 0.05) is 18.8 Å². The van der Waals surface area contributed by atoms with Crippen molar-refractivity contribution in [3.8, 4) is 0 Å². The van der Waals surface area contributed by atoms with Crippen molar-refractivity contribution in [3.05, 3.63) is 48.2 Å². The number of rotatable bonds is 5. The molecule has 0 amide bonds. The van der Waals surface area contributed by atoms with Crippen molar-refractivity contribution in [2.24, 2.45) is 0 Å². The van der Waals surface area contributed by atoms with Crippen molar-refractivity contribution in [2.75, 3.05) is 0 Å². The van der Waals surface area contributed by atoms with Gasteiger partial charge in [-0.3, -0.25) is 0 Å². The fourth-order valence-electron chi connectivity index (χ4n) is 1.56. The SMILES string of the molecule is CC(C)NCc1cccc(F)c1Sc1ccncn1.